The molecular weight excluding hydrogens is 305 g/mol. The summed E-state index contributed by atoms with van der Waals surface area (Å²) < 4.78 is 13.9. The summed E-state index contributed by atoms with van der Waals surface area (Å²) in [6, 6.07) is 7.33. The van der Waals surface area contributed by atoms with Gasteiger partial charge in [-0.15, -0.1) is 0 Å². The van der Waals surface area contributed by atoms with Crippen molar-refractivity contribution in [3.05, 3.63) is 34.1 Å². The molecule has 0 aromatic heterocycles. The lowest BCUT2D eigenvalue weighted by molar-refractivity contribution is 0.287. The molecule has 1 nitrogen and oxygen atoms in total. The van der Waals surface area contributed by atoms with Crippen LogP contribution in [0.15, 0.2) is 22.7 Å². The van der Waals surface area contributed by atoms with Gasteiger partial charge in [-0.3, -0.25) is 0 Å². The quantitative estimate of drug-likeness (QED) is 0.716. The van der Waals surface area contributed by atoms with Gasteiger partial charge in [-0.25, -0.2) is 4.39 Å². The maximum absolute atomic E-state index is 13.1. The van der Waals surface area contributed by atoms with Gasteiger partial charge in [0.05, 0.1) is 11.5 Å². The minimum Gasteiger partial charge on any atom is -0.207 e. The van der Waals surface area contributed by atoms with Crippen LogP contribution >= 0.6 is 15.9 Å². The van der Waals surface area contributed by atoms with Crippen LogP contribution in [0.1, 0.15) is 50.5 Å². The zero-order chi connectivity index (χ0) is 13.7. The average Bonchev–Trinajstić information content (AvgIpc) is 2.36. The van der Waals surface area contributed by atoms with Crippen LogP contribution in [0.4, 0.5) is 4.39 Å². The van der Waals surface area contributed by atoms with Crippen LogP contribution in [0.25, 0.3) is 0 Å². The van der Waals surface area contributed by atoms with Gasteiger partial charge in [0.25, 0.3) is 0 Å². The molecule has 1 aromatic rings. The van der Waals surface area contributed by atoms with E-state index in [4.69, 9.17) is 0 Å². The maximum Gasteiger partial charge on any atom is 0.124 e. The summed E-state index contributed by atoms with van der Waals surface area (Å²) in [5, 5.41) is 9.63. The molecule has 1 fully saturated rings. The monoisotopic (exact) mass is 323 g/mol. The van der Waals surface area contributed by atoms with Crippen molar-refractivity contribution in [2.45, 2.75) is 51.4 Å². The van der Waals surface area contributed by atoms with Crippen molar-refractivity contribution < 1.29 is 4.39 Å². The van der Waals surface area contributed by atoms with E-state index >= 15 is 0 Å². The number of halogens is 2. The number of nitriles is 1. The van der Waals surface area contributed by atoms with Crippen molar-refractivity contribution in [1.82, 2.24) is 0 Å². The largest absolute Gasteiger partial charge is 0.207 e. The fraction of sp³-hybridized carbons (Fsp3) is 0.562. The molecule has 0 aliphatic heterocycles. The SMILES string of the molecule is N#CC1(Cc2ccc(F)cc2Br)CCCCCCC1. The van der Waals surface area contributed by atoms with E-state index in [9.17, 15) is 9.65 Å². The summed E-state index contributed by atoms with van der Waals surface area (Å²) in [4.78, 5) is 0. The molecule has 1 aliphatic carbocycles. The average molecular weight is 324 g/mol. The van der Waals surface area contributed by atoms with Gasteiger partial charge in [0, 0.05) is 4.47 Å². The van der Waals surface area contributed by atoms with Crippen molar-refractivity contribution in [3.63, 3.8) is 0 Å². The Hall–Kier alpha value is -0.880. The zero-order valence-corrected chi connectivity index (χ0v) is 12.7. The third kappa shape index (κ3) is 3.79. The van der Waals surface area contributed by atoms with Crippen molar-refractivity contribution in [2.24, 2.45) is 5.41 Å². The fourth-order valence-electron chi connectivity index (χ4n) is 2.94. The number of rotatable bonds is 2. The van der Waals surface area contributed by atoms with Crippen molar-refractivity contribution >= 4 is 15.9 Å². The summed E-state index contributed by atoms with van der Waals surface area (Å²) in [6.07, 6.45) is 8.67. The summed E-state index contributed by atoms with van der Waals surface area (Å²) in [6.45, 7) is 0. The van der Waals surface area contributed by atoms with E-state index in [0.717, 1.165) is 42.1 Å². The van der Waals surface area contributed by atoms with Crippen LogP contribution in [0.2, 0.25) is 0 Å². The molecule has 19 heavy (non-hydrogen) atoms. The van der Waals surface area contributed by atoms with E-state index in [1.165, 1.54) is 31.4 Å². The Bertz CT molecular complexity index is 470. The highest BCUT2D eigenvalue weighted by atomic mass is 79.9. The molecule has 0 atom stereocenters. The lowest BCUT2D eigenvalue weighted by Gasteiger charge is -2.29. The van der Waals surface area contributed by atoms with E-state index in [1.807, 2.05) is 0 Å². The molecule has 1 saturated carbocycles. The normalized spacial score (nSPS) is 19.2. The van der Waals surface area contributed by atoms with Gasteiger partial charge < -0.3 is 0 Å². The van der Waals surface area contributed by atoms with Gasteiger partial charge >= 0.3 is 0 Å². The molecular formula is C16H19BrFN. The maximum atomic E-state index is 13.1. The number of hydrogen-bond acceptors (Lipinski definition) is 1. The predicted molar refractivity (Wildman–Crippen MR) is 78.2 cm³/mol. The Morgan fingerprint density at radius 3 is 2.37 bits per heavy atom. The second-order valence-corrected chi connectivity index (χ2v) is 6.43. The molecule has 0 N–H and O–H groups in total. The highest BCUT2D eigenvalue weighted by Crippen LogP contribution is 2.38. The Labute approximate surface area is 123 Å². The lowest BCUT2D eigenvalue weighted by Crippen LogP contribution is -2.23. The van der Waals surface area contributed by atoms with E-state index in [1.54, 1.807) is 6.07 Å². The summed E-state index contributed by atoms with van der Waals surface area (Å²) in [5.41, 5.74) is 0.782. The van der Waals surface area contributed by atoms with Crippen molar-refractivity contribution in [3.8, 4) is 6.07 Å². The molecule has 1 aromatic carbocycles. The molecule has 0 unspecified atom stereocenters. The summed E-state index contributed by atoms with van der Waals surface area (Å²) >= 11 is 3.41. The van der Waals surface area contributed by atoms with Crippen LogP contribution in [-0.4, -0.2) is 0 Å². The van der Waals surface area contributed by atoms with Crippen molar-refractivity contribution in [2.75, 3.05) is 0 Å². The molecule has 0 spiro atoms. The lowest BCUT2D eigenvalue weighted by atomic mass is 9.73. The number of benzene rings is 1. The Morgan fingerprint density at radius 1 is 1.16 bits per heavy atom. The van der Waals surface area contributed by atoms with E-state index in [2.05, 4.69) is 22.0 Å². The van der Waals surface area contributed by atoms with Crippen LogP contribution in [0.5, 0.6) is 0 Å². The van der Waals surface area contributed by atoms with E-state index in [-0.39, 0.29) is 11.2 Å². The first kappa shape index (κ1) is 14.5. The van der Waals surface area contributed by atoms with Crippen LogP contribution in [0, 0.1) is 22.6 Å². The second-order valence-electron chi connectivity index (χ2n) is 5.57. The molecule has 102 valence electrons. The molecule has 0 saturated heterocycles. The fourth-order valence-corrected chi connectivity index (χ4v) is 3.43. The first-order valence-corrected chi connectivity index (χ1v) is 7.80. The zero-order valence-electron chi connectivity index (χ0n) is 11.1. The van der Waals surface area contributed by atoms with Crippen LogP contribution in [0.3, 0.4) is 0 Å². The van der Waals surface area contributed by atoms with Gasteiger partial charge in [0.15, 0.2) is 0 Å². The highest BCUT2D eigenvalue weighted by molar-refractivity contribution is 9.10. The molecule has 3 heteroatoms. The van der Waals surface area contributed by atoms with Gasteiger partial charge in [-0.2, -0.15) is 5.26 Å². The number of hydrogen-bond donors (Lipinski definition) is 0. The highest BCUT2D eigenvalue weighted by Gasteiger charge is 2.31. The minimum absolute atomic E-state index is 0.237. The van der Waals surface area contributed by atoms with Gasteiger partial charge in [0.2, 0.25) is 0 Å². The standard InChI is InChI=1S/C16H19BrFN/c17-15-10-14(18)7-6-13(15)11-16(12-19)8-4-2-1-3-5-9-16/h6-7,10H,1-5,8-9,11H2. The molecule has 2 rings (SSSR count). The molecule has 0 bridgehead atoms. The number of nitrogens with zero attached hydrogens (tertiary/aromatic N) is 1. The summed E-state index contributed by atoms with van der Waals surface area (Å²) in [7, 11) is 0. The first-order valence-electron chi connectivity index (χ1n) is 7.00. The third-order valence-electron chi connectivity index (χ3n) is 4.09. The molecule has 0 heterocycles. The Morgan fingerprint density at radius 2 is 1.79 bits per heavy atom. The minimum atomic E-state index is -0.263. The second kappa shape index (κ2) is 6.52. The third-order valence-corrected chi connectivity index (χ3v) is 4.83. The first-order chi connectivity index (χ1) is 9.15. The Kier molecular flexibility index (Phi) is 4.99. The molecule has 0 amide bonds. The predicted octanol–water partition coefficient (Wildman–Crippen LogP) is 5.38. The topological polar surface area (TPSA) is 23.8 Å². The van der Waals surface area contributed by atoms with Crippen LogP contribution < -0.4 is 0 Å². The summed E-state index contributed by atoms with van der Waals surface area (Å²) in [5.74, 6) is -0.237. The Balaban J connectivity index is 2.19. The van der Waals surface area contributed by atoms with Gasteiger partial charge in [0.1, 0.15) is 5.82 Å². The van der Waals surface area contributed by atoms with Gasteiger partial charge in [-0.1, -0.05) is 54.1 Å². The molecule has 0 radical (unpaired) electrons. The molecule has 1 aliphatic rings. The van der Waals surface area contributed by atoms with Crippen molar-refractivity contribution in [1.29, 1.82) is 5.26 Å². The van der Waals surface area contributed by atoms with E-state index in [0.29, 0.717) is 0 Å². The van der Waals surface area contributed by atoms with Crippen LogP contribution in [-0.2, 0) is 6.42 Å². The smallest absolute Gasteiger partial charge is 0.124 e. The van der Waals surface area contributed by atoms with E-state index < -0.39 is 0 Å². The van der Waals surface area contributed by atoms with Gasteiger partial charge in [-0.05, 0) is 37.0 Å².